The van der Waals surface area contributed by atoms with Gasteiger partial charge in [-0.1, -0.05) is 0 Å². The van der Waals surface area contributed by atoms with Crippen LogP contribution >= 0.6 is 15.9 Å². The third kappa shape index (κ3) is 1.33. The largest absolute Gasteiger partial charge is 0.366 e. The van der Waals surface area contributed by atoms with E-state index in [4.69, 9.17) is 5.73 Å². The summed E-state index contributed by atoms with van der Waals surface area (Å²) in [6, 6.07) is 3.27. The molecule has 0 saturated carbocycles. The van der Waals surface area contributed by atoms with E-state index in [2.05, 4.69) is 20.9 Å². The standard InChI is InChI=1S/C6H5BrN2O/c7-5-4(6(8)10)2-1-3-9-5/h1-3H,(H2,8,10). The molecule has 1 heterocycles. The summed E-state index contributed by atoms with van der Waals surface area (Å²) in [6.07, 6.45) is 1.58. The minimum absolute atomic E-state index is 0.405. The number of rotatable bonds is 1. The van der Waals surface area contributed by atoms with Crippen LogP contribution in [0, 0.1) is 0 Å². The summed E-state index contributed by atoms with van der Waals surface area (Å²) < 4.78 is 0.488. The van der Waals surface area contributed by atoms with Crippen LogP contribution in [0.1, 0.15) is 10.4 Å². The molecule has 52 valence electrons. The molecular formula is C6H5BrN2O. The highest BCUT2D eigenvalue weighted by Gasteiger charge is 2.03. The van der Waals surface area contributed by atoms with Gasteiger partial charge in [-0.3, -0.25) is 4.79 Å². The number of primary amides is 1. The van der Waals surface area contributed by atoms with Crippen LogP contribution in [0.3, 0.4) is 0 Å². The van der Waals surface area contributed by atoms with Crippen molar-refractivity contribution < 1.29 is 4.79 Å². The highest BCUT2D eigenvalue weighted by molar-refractivity contribution is 9.10. The molecule has 0 aliphatic heterocycles. The maximum absolute atomic E-state index is 10.6. The van der Waals surface area contributed by atoms with E-state index in [1.807, 2.05) is 0 Å². The van der Waals surface area contributed by atoms with Crippen molar-refractivity contribution in [2.75, 3.05) is 0 Å². The van der Waals surface area contributed by atoms with Crippen LogP contribution in [0.2, 0.25) is 0 Å². The Morgan fingerprint density at radius 1 is 1.70 bits per heavy atom. The number of pyridine rings is 1. The molecule has 1 rings (SSSR count). The van der Waals surface area contributed by atoms with Crippen molar-refractivity contribution >= 4 is 21.8 Å². The minimum Gasteiger partial charge on any atom is -0.366 e. The van der Waals surface area contributed by atoms with E-state index < -0.39 is 5.91 Å². The Bertz CT molecular complexity index is 262. The normalized spacial score (nSPS) is 9.30. The molecule has 0 aliphatic rings. The Morgan fingerprint density at radius 2 is 2.40 bits per heavy atom. The van der Waals surface area contributed by atoms with Crippen LogP contribution in [0.25, 0.3) is 0 Å². The third-order valence-corrected chi connectivity index (χ3v) is 1.66. The molecule has 2 N–H and O–H groups in total. The lowest BCUT2D eigenvalue weighted by Gasteiger charge is -1.94. The Hall–Kier alpha value is -0.900. The Labute approximate surface area is 66.4 Å². The molecule has 0 saturated heterocycles. The quantitative estimate of drug-likeness (QED) is 0.687. The van der Waals surface area contributed by atoms with Crippen LogP contribution in [0.15, 0.2) is 22.9 Å². The highest BCUT2D eigenvalue weighted by atomic mass is 79.9. The molecule has 0 bridgehead atoms. The number of aromatic nitrogens is 1. The predicted molar refractivity (Wildman–Crippen MR) is 40.5 cm³/mol. The van der Waals surface area contributed by atoms with Gasteiger partial charge in [0, 0.05) is 6.20 Å². The fraction of sp³-hybridized carbons (Fsp3) is 0. The van der Waals surface area contributed by atoms with Gasteiger partial charge in [-0.05, 0) is 28.1 Å². The van der Waals surface area contributed by atoms with Crippen LogP contribution in [0.4, 0.5) is 0 Å². The zero-order valence-corrected chi connectivity index (χ0v) is 6.63. The maximum atomic E-state index is 10.6. The molecule has 10 heavy (non-hydrogen) atoms. The summed E-state index contributed by atoms with van der Waals surface area (Å²) in [5, 5.41) is 0. The van der Waals surface area contributed by atoms with Gasteiger partial charge in [0.2, 0.25) is 0 Å². The van der Waals surface area contributed by atoms with Crippen molar-refractivity contribution in [3.8, 4) is 0 Å². The van der Waals surface area contributed by atoms with Crippen LogP contribution < -0.4 is 5.73 Å². The summed E-state index contributed by atoms with van der Waals surface area (Å²) in [5.74, 6) is -0.472. The zero-order chi connectivity index (χ0) is 7.56. The molecular weight excluding hydrogens is 196 g/mol. The van der Waals surface area contributed by atoms with Gasteiger partial charge >= 0.3 is 0 Å². The Kier molecular flexibility index (Phi) is 2.01. The van der Waals surface area contributed by atoms with Crippen molar-refractivity contribution in [1.29, 1.82) is 0 Å². The first-order chi connectivity index (χ1) is 4.72. The smallest absolute Gasteiger partial charge is 0.251 e. The first-order valence-corrected chi connectivity index (χ1v) is 3.41. The van der Waals surface area contributed by atoms with Gasteiger partial charge in [0.05, 0.1) is 5.56 Å². The van der Waals surface area contributed by atoms with Gasteiger partial charge in [-0.2, -0.15) is 0 Å². The maximum Gasteiger partial charge on any atom is 0.251 e. The van der Waals surface area contributed by atoms with E-state index >= 15 is 0 Å². The topological polar surface area (TPSA) is 56.0 Å². The average Bonchev–Trinajstić information content (AvgIpc) is 1.88. The number of amides is 1. The fourth-order valence-corrected chi connectivity index (χ4v) is 1.02. The molecule has 3 nitrogen and oxygen atoms in total. The van der Waals surface area contributed by atoms with Gasteiger partial charge in [-0.15, -0.1) is 0 Å². The van der Waals surface area contributed by atoms with Gasteiger partial charge in [0.1, 0.15) is 4.60 Å². The fourth-order valence-electron chi connectivity index (χ4n) is 0.570. The minimum atomic E-state index is -0.472. The van der Waals surface area contributed by atoms with E-state index in [1.54, 1.807) is 18.3 Å². The Balaban J connectivity index is 3.15. The highest BCUT2D eigenvalue weighted by Crippen LogP contribution is 2.10. The van der Waals surface area contributed by atoms with E-state index in [0.717, 1.165) is 0 Å². The predicted octanol–water partition coefficient (Wildman–Crippen LogP) is 0.943. The zero-order valence-electron chi connectivity index (χ0n) is 5.04. The van der Waals surface area contributed by atoms with E-state index in [-0.39, 0.29) is 0 Å². The number of nitrogens with two attached hydrogens (primary N) is 1. The first kappa shape index (κ1) is 7.21. The van der Waals surface area contributed by atoms with E-state index in [9.17, 15) is 4.79 Å². The van der Waals surface area contributed by atoms with Crippen molar-refractivity contribution in [1.82, 2.24) is 4.98 Å². The van der Waals surface area contributed by atoms with E-state index in [1.165, 1.54) is 0 Å². The number of hydrogen-bond donors (Lipinski definition) is 1. The molecule has 4 heteroatoms. The molecule has 0 unspecified atom stereocenters. The summed E-state index contributed by atoms with van der Waals surface area (Å²) in [6.45, 7) is 0. The number of halogens is 1. The number of nitrogens with zero attached hydrogens (tertiary/aromatic N) is 1. The lowest BCUT2D eigenvalue weighted by atomic mass is 10.3. The first-order valence-electron chi connectivity index (χ1n) is 2.62. The number of carbonyl (C=O) groups is 1. The molecule has 0 radical (unpaired) electrons. The van der Waals surface area contributed by atoms with E-state index in [0.29, 0.717) is 10.2 Å². The molecule has 0 aromatic carbocycles. The van der Waals surface area contributed by atoms with Gasteiger partial charge in [0.15, 0.2) is 0 Å². The van der Waals surface area contributed by atoms with Crippen molar-refractivity contribution in [2.45, 2.75) is 0 Å². The van der Waals surface area contributed by atoms with Crippen LogP contribution in [0.5, 0.6) is 0 Å². The summed E-state index contributed by atoms with van der Waals surface area (Å²) in [7, 11) is 0. The lowest BCUT2D eigenvalue weighted by Crippen LogP contribution is -2.11. The molecule has 1 amide bonds. The summed E-state index contributed by atoms with van der Waals surface area (Å²) in [5.41, 5.74) is 5.41. The number of hydrogen-bond acceptors (Lipinski definition) is 2. The van der Waals surface area contributed by atoms with Crippen molar-refractivity contribution in [3.63, 3.8) is 0 Å². The van der Waals surface area contributed by atoms with Gasteiger partial charge < -0.3 is 5.73 Å². The second-order valence-electron chi connectivity index (χ2n) is 1.71. The Morgan fingerprint density at radius 3 is 2.80 bits per heavy atom. The lowest BCUT2D eigenvalue weighted by molar-refractivity contribution is 0.0999. The third-order valence-electron chi connectivity index (χ3n) is 1.02. The average molecular weight is 201 g/mol. The van der Waals surface area contributed by atoms with Gasteiger partial charge in [0.25, 0.3) is 5.91 Å². The van der Waals surface area contributed by atoms with Crippen molar-refractivity contribution in [2.24, 2.45) is 5.73 Å². The second-order valence-corrected chi connectivity index (χ2v) is 2.46. The molecule has 1 aromatic heterocycles. The molecule has 0 atom stereocenters. The monoisotopic (exact) mass is 200 g/mol. The van der Waals surface area contributed by atoms with Crippen molar-refractivity contribution in [3.05, 3.63) is 28.5 Å². The molecule has 0 aliphatic carbocycles. The number of carbonyl (C=O) groups excluding carboxylic acids is 1. The molecule has 0 spiro atoms. The molecule has 0 fully saturated rings. The van der Waals surface area contributed by atoms with Gasteiger partial charge in [-0.25, -0.2) is 4.98 Å². The summed E-state index contributed by atoms with van der Waals surface area (Å²) >= 11 is 3.08. The SMILES string of the molecule is NC(=O)c1cccnc1Br. The van der Waals surface area contributed by atoms with Crippen LogP contribution in [-0.4, -0.2) is 10.9 Å². The second kappa shape index (κ2) is 2.79. The molecule has 1 aromatic rings. The summed E-state index contributed by atoms with van der Waals surface area (Å²) in [4.78, 5) is 14.4. The van der Waals surface area contributed by atoms with Crippen LogP contribution in [-0.2, 0) is 0 Å².